The smallest absolute Gasteiger partial charge is 0.260 e. The van der Waals surface area contributed by atoms with Crippen LogP contribution in [0.5, 0.6) is 0 Å². The molecule has 10 heteroatoms. The molecule has 34 heavy (non-hydrogen) atoms. The lowest BCUT2D eigenvalue weighted by molar-refractivity contribution is -0.119. The molecule has 3 rings (SSSR count). The second kappa shape index (κ2) is 10.2. The van der Waals surface area contributed by atoms with Gasteiger partial charge in [0, 0.05) is 22.0 Å². The van der Waals surface area contributed by atoms with E-state index in [1.165, 1.54) is 6.21 Å². The molecule has 0 bridgehead atoms. The average molecular weight is 521 g/mol. The van der Waals surface area contributed by atoms with E-state index in [0.29, 0.717) is 15.7 Å². The Morgan fingerprint density at radius 2 is 1.71 bits per heavy atom. The molecule has 0 saturated heterocycles. The Bertz CT molecular complexity index is 1360. The third kappa shape index (κ3) is 6.00. The van der Waals surface area contributed by atoms with Crippen molar-refractivity contribution in [3.05, 3.63) is 80.6 Å². The van der Waals surface area contributed by atoms with E-state index in [4.69, 9.17) is 23.2 Å². The molecule has 0 atom stereocenters. The zero-order valence-corrected chi connectivity index (χ0v) is 21.9. The van der Waals surface area contributed by atoms with Gasteiger partial charge in [-0.15, -0.1) is 0 Å². The first-order valence-corrected chi connectivity index (χ1v) is 13.0. The third-order valence-electron chi connectivity index (χ3n) is 5.19. The zero-order chi connectivity index (χ0) is 25.2. The van der Waals surface area contributed by atoms with E-state index in [1.807, 2.05) is 44.4 Å². The van der Waals surface area contributed by atoms with Crippen molar-refractivity contribution >= 4 is 51.0 Å². The average Bonchev–Trinajstić information content (AvgIpc) is 2.99. The van der Waals surface area contributed by atoms with E-state index < -0.39 is 22.5 Å². The van der Waals surface area contributed by atoms with Gasteiger partial charge < -0.3 is 4.57 Å². The summed E-state index contributed by atoms with van der Waals surface area (Å²) in [6.07, 6.45) is 2.58. The fraction of sp³-hybridized carbons (Fsp3) is 0.250. The number of aryl methyl sites for hydroxylation is 3. The molecule has 2 aromatic carbocycles. The summed E-state index contributed by atoms with van der Waals surface area (Å²) in [5, 5.41) is 5.15. The standard InChI is InChI=1S/C24H26Cl2N4O3S/c1-15-8-16(2)10-21(9-15)29(34(5,32)33)14-24(31)28-27-13-19-11-17(3)30(18(19)4)23-12-20(25)6-7-22(23)26/h6-13H,14H2,1-5H3,(H,28,31)/b27-13-. The number of amides is 1. The molecule has 1 aromatic heterocycles. The fourth-order valence-corrected chi connectivity index (χ4v) is 4.99. The van der Waals surface area contributed by atoms with Crippen molar-refractivity contribution in [3.8, 4) is 5.69 Å². The maximum atomic E-state index is 12.5. The molecule has 180 valence electrons. The molecule has 0 spiro atoms. The first-order chi connectivity index (χ1) is 15.9. The Morgan fingerprint density at radius 1 is 1.06 bits per heavy atom. The molecule has 7 nitrogen and oxygen atoms in total. The summed E-state index contributed by atoms with van der Waals surface area (Å²) >= 11 is 12.5. The summed E-state index contributed by atoms with van der Waals surface area (Å²) in [7, 11) is -3.68. The fourth-order valence-electron chi connectivity index (χ4n) is 3.78. The van der Waals surface area contributed by atoms with Crippen molar-refractivity contribution in [1.29, 1.82) is 0 Å². The predicted octanol–water partition coefficient (Wildman–Crippen LogP) is 4.93. The Labute approximate surface area is 210 Å². The van der Waals surface area contributed by atoms with Crippen molar-refractivity contribution in [1.82, 2.24) is 9.99 Å². The van der Waals surface area contributed by atoms with Gasteiger partial charge >= 0.3 is 0 Å². The highest BCUT2D eigenvalue weighted by atomic mass is 35.5. The minimum absolute atomic E-state index is 0.393. The Morgan fingerprint density at radius 3 is 2.32 bits per heavy atom. The number of aromatic nitrogens is 1. The summed E-state index contributed by atoms with van der Waals surface area (Å²) in [6.45, 7) is 7.17. The largest absolute Gasteiger partial charge is 0.316 e. The number of hydrogen-bond donors (Lipinski definition) is 1. The van der Waals surface area contributed by atoms with E-state index >= 15 is 0 Å². The lowest BCUT2D eigenvalue weighted by Gasteiger charge is -2.22. The molecular formula is C24H26Cl2N4O3S. The lowest BCUT2D eigenvalue weighted by atomic mass is 10.1. The summed E-state index contributed by atoms with van der Waals surface area (Å²) < 4.78 is 27.7. The first kappa shape index (κ1) is 25.8. The number of halogens is 2. The van der Waals surface area contributed by atoms with Crippen LogP contribution in [0.4, 0.5) is 5.69 Å². The highest BCUT2D eigenvalue weighted by molar-refractivity contribution is 7.92. The highest BCUT2D eigenvalue weighted by Crippen LogP contribution is 2.28. The van der Waals surface area contributed by atoms with Crippen molar-refractivity contribution in [2.75, 3.05) is 17.1 Å². The van der Waals surface area contributed by atoms with Crippen LogP contribution in [0.1, 0.15) is 28.1 Å². The molecule has 0 unspecified atom stereocenters. The number of carbonyl (C=O) groups excluding carboxylic acids is 1. The normalized spacial score (nSPS) is 11.7. The van der Waals surface area contributed by atoms with E-state index in [-0.39, 0.29) is 0 Å². The Kier molecular flexibility index (Phi) is 7.75. The van der Waals surface area contributed by atoms with Crippen LogP contribution >= 0.6 is 23.2 Å². The van der Waals surface area contributed by atoms with Crippen LogP contribution in [0.25, 0.3) is 5.69 Å². The lowest BCUT2D eigenvalue weighted by Crippen LogP contribution is -2.39. The Balaban J connectivity index is 1.79. The summed E-state index contributed by atoms with van der Waals surface area (Å²) in [5.41, 5.74) is 7.92. The topological polar surface area (TPSA) is 83.8 Å². The van der Waals surface area contributed by atoms with Gasteiger partial charge in [0.05, 0.1) is 28.9 Å². The molecule has 1 heterocycles. The van der Waals surface area contributed by atoms with Gasteiger partial charge in [-0.05, 0) is 75.2 Å². The van der Waals surface area contributed by atoms with Crippen LogP contribution in [0.15, 0.2) is 47.6 Å². The van der Waals surface area contributed by atoms with E-state index in [0.717, 1.165) is 44.3 Å². The number of sulfonamides is 1. The number of rotatable bonds is 7. The third-order valence-corrected chi connectivity index (χ3v) is 6.89. The van der Waals surface area contributed by atoms with E-state index in [2.05, 4.69) is 10.5 Å². The molecular weight excluding hydrogens is 495 g/mol. The number of carbonyl (C=O) groups is 1. The van der Waals surface area contributed by atoms with Crippen LogP contribution in [-0.2, 0) is 14.8 Å². The van der Waals surface area contributed by atoms with Gasteiger partial charge in [-0.1, -0.05) is 29.3 Å². The van der Waals surface area contributed by atoms with Crippen LogP contribution in [0.2, 0.25) is 10.0 Å². The molecule has 0 aliphatic rings. The summed E-state index contributed by atoms with van der Waals surface area (Å²) in [5.74, 6) is -0.562. The number of anilines is 1. The van der Waals surface area contributed by atoms with Crippen molar-refractivity contribution < 1.29 is 13.2 Å². The maximum Gasteiger partial charge on any atom is 0.260 e. The van der Waals surface area contributed by atoms with Gasteiger partial charge in [0.25, 0.3) is 5.91 Å². The van der Waals surface area contributed by atoms with Crippen LogP contribution in [0.3, 0.4) is 0 Å². The van der Waals surface area contributed by atoms with Gasteiger partial charge in [-0.25, -0.2) is 13.8 Å². The molecule has 1 N–H and O–H groups in total. The first-order valence-electron chi connectivity index (χ1n) is 10.4. The number of nitrogens with one attached hydrogen (secondary N) is 1. The SMILES string of the molecule is Cc1cc(C)cc(N(CC(=O)N/N=C\c2cc(C)n(-c3cc(Cl)ccc3Cl)c2C)S(C)(=O)=O)c1. The number of hydrogen-bond acceptors (Lipinski definition) is 4. The molecule has 0 aliphatic carbocycles. The zero-order valence-electron chi connectivity index (χ0n) is 19.6. The Hall–Kier alpha value is -2.81. The van der Waals surface area contributed by atoms with Gasteiger partial charge in [0.15, 0.2) is 0 Å². The van der Waals surface area contributed by atoms with Crippen LogP contribution < -0.4 is 9.73 Å². The molecule has 1 amide bonds. The van der Waals surface area contributed by atoms with Gasteiger partial charge in [0.1, 0.15) is 6.54 Å². The minimum atomic E-state index is -3.68. The summed E-state index contributed by atoms with van der Waals surface area (Å²) in [6, 6.07) is 12.5. The number of nitrogens with zero attached hydrogens (tertiary/aromatic N) is 3. The van der Waals surface area contributed by atoms with Crippen molar-refractivity contribution in [2.24, 2.45) is 5.10 Å². The quantitative estimate of drug-likeness (QED) is 0.353. The van der Waals surface area contributed by atoms with Crippen LogP contribution in [-0.4, -0.2) is 37.9 Å². The van der Waals surface area contributed by atoms with E-state index in [1.54, 1.807) is 30.3 Å². The van der Waals surface area contributed by atoms with Gasteiger partial charge in [-0.3, -0.25) is 9.10 Å². The van der Waals surface area contributed by atoms with Crippen molar-refractivity contribution in [2.45, 2.75) is 27.7 Å². The van der Waals surface area contributed by atoms with Crippen LogP contribution in [0, 0.1) is 27.7 Å². The molecule has 3 aromatic rings. The van der Waals surface area contributed by atoms with E-state index in [9.17, 15) is 13.2 Å². The maximum absolute atomic E-state index is 12.5. The molecule has 0 saturated carbocycles. The second-order valence-electron chi connectivity index (χ2n) is 8.17. The number of hydrazone groups is 1. The van der Waals surface area contributed by atoms with Gasteiger partial charge in [-0.2, -0.15) is 5.10 Å². The van der Waals surface area contributed by atoms with Gasteiger partial charge in [0.2, 0.25) is 10.0 Å². The monoisotopic (exact) mass is 520 g/mol. The molecule has 0 aliphatic heterocycles. The number of benzene rings is 2. The molecule has 0 fully saturated rings. The highest BCUT2D eigenvalue weighted by Gasteiger charge is 2.21. The van der Waals surface area contributed by atoms with Crippen molar-refractivity contribution in [3.63, 3.8) is 0 Å². The summed E-state index contributed by atoms with van der Waals surface area (Å²) in [4.78, 5) is 12.5. The second-order valence-corrected chi connectivity index (χ2v) is 10.9. The molecule has 0 radical (unpaired) electrons. The predicted molar refractivity (Wildman–Crippen MR) is 139 cm³/mol. The minimum Gasteiger partial charge on any atom is -0.316 e.